The summed E-state index contributed by atoms with van der Waals surface area (Å²) >= 11 is 1.88. The van der Waals surface area contributed by atoms with E-state index in [9.17, 15) is 19.2 Å². The van der Waals surface area contributed by atoms with Crippen LogP contribution in [0.2, 0.25) is 0 Å². The molecule has 3 aromatic rings. The summed E-state index contributed by atoms with van der Waals surface area (Å²) in [5, 5.41) is 36.3. The van der Waals surface area contributed by atoms with E-state index < -0.39 is 23.9 Å². The highest BCUT2D eigenvalue weighted by Gasteiger charge is 2.22. The van der Waals surface area contributed by atoms with Crippen molar-refractivity contribution in [1.29, 1.82) is 0 Å². The topological polar surface area (TPSA) is 206 Å². The highest BCUT2D eigenvalue weighted by atomic mass is 32.1. The van der Waals surface area contributed by atoms with Gasteiger partial charge in [0.15, 0.2) is 0 Å². The molecule has 4 rings (SSSR count). The SMILES string of the molecule is C=CCN(CC=C)c1ncnc(N2CCC(NCc3cc4ccccc4s3)CC2)n1.O=C(O)C=CC(=O)O.O=C(O)C=CC(=O)O. The first-order valence-corrected chi connectivity index (χ1v) is 14.7. The van der Waals surface area contributed by atoms with Gasteiger partial charge in [-0.1, -0.05) is 30.4 Å². The molecule has 1 fully saturated rings. The third-order valence-corrected chi connectivity index (χ3v) is 7.20. The maximum atomic E-state index is 9.55. The van der Waals surface area contributed by atoms with Gasteiger partial charge in [0, 0.05) is 72.6 Å². The summed E-state index contributed by atoms with van der Waals surface area (Å²) in [7, 11) is 0. The van der Waals surface area contributed by atoms with E-state index in [0.29, 0.717) is 49.4 Å². The number of piperidine rings is 1. The van der Waals surface area contributed by atoms with Gasteiger partial charge in [-0.2, -0.15) is 4.98 Å². The number of carboxylic acids is 4. The van der Waals surface area contributed by atoms with Crippen LogP contribution in [-0.4, -0.2) is 91.5 Å². The summed E-state index contributed by atoms with van der Waals surface area (Å²) < 4.78 is 1.36. The number of aliphatic carboxylic acids is 4. The Labute approximate surface area is 269 Å². The van der Waals surface area contributed by atoms with Crippen molar-refractivity contribution in [2.24, 2.45) is 0 Å². The summed E-state index contributed by atoms with van der Waals surface area (Å²) in [5.74, 6) is -3.61. The minimum Gasteiger partial charge on any atom is -0.478 e. The minimum atomic E-state index is -1.26. The van der Waals surface area contributed by atoms with Crippen LogP contribution in [0.15, 0.2) is 86.3 Å². The average Bonchev–Trinajstić information content (AvgIpc) is 3.46. The van der Waals surface area contributed by atoms with Crippen LogP contribution < -0.4 is 15.1 Å². The van der Waals surface area contributed by atoms with Crippen LogP contribution >= 0.6 is 11.3 Å². The molecule has 1 aromatic carbocycles. The van der Waals surface area contributed by atoms with Crippen molar-refractivity contribution >= 4 is 57.2 Å². The predicted molar refractivity (Wildman–Crippen MR) is 175 cm³/mol. The van der Waals surface area contributed by atoms with Gasteiger partial charge in [0.05, 0.1) is 0 Å². The van der Waals surface area contributed by atoms with E-state index in [4.69, 9.17) is 25.4 Å². The zero-order chi connectivity index (χ0) is 33.9. The Morgan fingerprint density at radius 2 is 1.43 bits per heavy atom. The first kappa shape index (κ1) is 36.8. The van der Waals surface area contributed by atoms with Crippen LogP contribution in [-0.2, 0) is 25.7 Å². The molecule has 3 heterocycles. The molecule has 0 spiro atoms. The third kappa shape index (κ3) is 13.9. The van der Waals surface area contributed by atoms with Gasteiger partial charge < -0.3 is 35.5 Å². The second-order valence-corrected chi connectivity index (χ2v) is 10.6. The smallest absolute Gasteiger partial charge is 0.328 e. The zero-order valence-corrected chi connectivity index (χ0v) is 25.8. The van der Waals surface area contributed by atoms with Crippen LogP contribution in [0.5, 0.6) is 0 Å². The number of carboxylic acid groups (broad SMARTS) is 4. The number of nitrogens with one attached hydrogen (secondary N) is 1. The molecule has 1 saturated heterocycles. The predicted octanol–water partition coefficient (Wildman–Crippen LogP) is 3.45. The van der Waals surface area contributed by atoms with E-state index in [0.717, 1.165) is 38.4 Å². The van der Waals surface area contributed by atoms with E-state index in [-0.39, 0.29) is 0 Å². The number of rotatable bonds is 13. The fourth-order valence-corrected chi connectivity index (χ4v) is 5.09. The molecule has 15 heteroatoms. The molecular weight excluding hydrogens is 616 g/mol. The number of hydrogen-bond acceptors (Lipinski definition) is 11. The largest absolute Gasteiger partial charge is 0.478 e. The Bertz CT molecular complexity index is 1440. The van der Waals surface area contributed by atoms with Gasteiger partial charge in [-0.25, -0.2) is 29.1 Å². The van der Waals surface area contributed by atoms with Gasteiger partial charge in [-0.3, -0.25) is 0 Å². The maximum Gasteiger partial charge on any atom is 0.328 e. The van der Waals surface area contributed by atoms with Gasteiger partial charge in [0.2, 0.25) is 11.9 Å². The van der Waals surface area contributed by atoms with Crippen molar-refractivity contribution in [3.63, 3.8) is 0 Å². The molecule has 2 aromatic heterocycles. The lowest BCUT2D eigenvalue weighted by molar-refractivity contribution is -0.134. The summed E-state index contributed by atoms with van der Waals surface area (Å²) in [6.07, 6.45) is 9.68. The van der Waals surface area contributed by atoms with Crippen LogP contribution in [0.25, 0.3) is 10.1 Å². The van der Waals surface area contributed by atoms with Gasteiger partial charge in [-0.15, -0.1) is 24.5 Å². The van der Waals surface area contributed by atoms with Crippen LogP contribution in [0, 0.1) is 0 Å². The second-order valence-electron chi connectivity index (χ2n) is 9.48. The third-order valence-electron chi connectivity index (χ3n) is 6.08. The minimum absolute atomic E-state index is 0.519. The highest BCUT2D eigenvalue weighted by Crippen LogP contribution is 2.25. The number of thiophene rings is 1. The van der Waals surface area contributed by atoms with Crippen molar-refractivity contribution < 1.29 is 39.6 Å². The van der Waals surface area contributed by atoms with Crippen LogP contribution in [0.1, 0.15) is 17.7 Å². The van der Waals surface area contributed by atoms with Gasteiger partial charge in [0.1, 0.15) is 6.33 Å². The molecule has 0 saturated carbocycles. The first-order valence-electron chi connectivity index (χ1n) is 13.9. The molecule has 244 valence electrons. The fraction of sp³-hybridized carbons (Fsp3) is 0.258. The summed E-state index contributed by atoms with van der Waals surface area (Å²) in [6, 6.07) is 11.4. The molecule has 0 atom stereocenters. The van der Waals surface area contributed by atoms with Crippen molar-refractivity contribution in [1.82, 2.24) is 20.3 Å². The highest BCUT2D eigenvalue weighted by molar-refractivity contribution is 7.19. The molecule has 0 bridgehead atoms. The Kier molecular flexibility index (Phi) is 15.8. The zero-order valence-electron chi connectivity index (χ0n) is 24.9. The molecular formula is C31H36N6O8S. The van der Waals surface area contributed by atoms with Crippen molar-refractivity contribution in [2.45, 2.75) is 25.4 Å². The lowest BCUT2D eigenvalue weighted by Gasteiger charge is -2.32. The van der Waals surface area contributed by atoms with Crippen molar-refractivity contribution in [3.05, 3.63) is 91.2 Å². The molecule has 0 unspecified atom stereocenters. The lowest BCUT2D eigenvalue weighted by Crippen LogP contribution is -2.43. The molecule has 1 aliphatic rings. The Hall–Kier alpha value is -5.41. The van der Waals surface area contributed by atoms with Crippen molar-refractivity contribution in [3.8, 4) is 0 Å². The number of benzene rings is 1. The monoisotopic (exact) mass is 652 g/mol. The number of carbonyl (C=O) groups is 4. The quantitative estimate of drug-likeness (QED) is 0.132. The number of hydrogen-bond donors (Lipinski definition) is 5. The summed E-state index contributed by atoms with van der Waals surface area (Å²) in [4.78, 5) is 57.3. The molecule has 1 aliphatic heterocycles. The standard InChI is InChI=1S/C23H28N6S.2C4H4O4/c1-3-11-28(12-4-2)22-25-17-26-23(27-22)29-13-9-19(10-14-29)24-16-20-15-18-7-5-6-8-21(18)30-20;2*5-3(6)1-2-4(7)8/h3-8,15,17,19,24H,1-2,9-14,16H2;2*1-2H,(H,5,6)(H,7,8). The Balaban J connectivity index is 0.000000381. The van der Waals surface area contributed by atoms with Gasteiger partial charge >= 0.3 is 23.9 Å². The van der Waals surface area contributed by atoms with E-state index in [1.54, 1.807) is 6.33 Å². The molecule has 0 radical (unpaired) electrons. The summed E-state index contributed by atoms with van der Waals surface area (Å²) in [5.41, 5.74) is 0. The Morgan fingerprint density at radius 3 is 1.93 bits per heavy atom. The van der Waals surface area contributed by atoms with E-state index in [2.05, 4.69) is 63.7 Å². The number of nitrogens with zero attached hydrogens (tertiary/aromatic N) is 5. The lowest BCUT2D eigenvalue weighted by atomic mass is 10.1. The van der Waals surface area contributed by atoms with E-state index >= 15 is 0 Å². The molecule has 0 amide bonds. The van der Waals surface area contributed by atoms with Gasteiger partial charge in [-0.05, 0) is 30.4 Å². The summed E-state index contributed by atoms with van der Waals surface area (Å²) in [6.45, 7) is 11.8. The Morgan fingerprint density at radius 1 is 0.891 bits per heavy atom. The van der Waals surface area contributed by atoms with Crippen LogP contribution in [0.4, 0.5) is 11.9 Å². The van der Waals surface area contributed by atoms with Gasteiger partial charge in [0.25, 0.3) is 0 Å². The molecule has 0 aliphatic carbocycles. The number of aromatic nitrogens is 3. The fourth-order valence-electron chi connectivity index (χ4n) is 4.07. The molecule has 14 nitrogen and oxygen atoms in total. The van der Waals surface area contributed by atoms with E-state index in [1.165, 1.54) is 15.0 Å². The molecule has 46 heavy (non-hydrogen) atoms. The number of anilines is 2. The normalized spacial score (nSPS) is 12.9. The van der Waals surface area contributed by atoms with Crippen molar-refractivity contribution in [2.75, 3.05) is 36.0 Å². The second kappa shape index (κ2) is 19.8. The van der Waals surface area contributed by atoms with Crippen LogP contribution in [0.3, 0.4) is 0 Å². The average molecular weight is 653 g/mol. The maximum absolute atomic E-state index is 9.55. The molecule has 5 N–H and O–H groups in total. The first-order chi connectivity index (χ1) is 22.0. The number of fused-ring (bicyclic) bond motifs is 1. The van der Waals surface area contributed by atoms with E-state index in [1.807, 2.05) is 28.4 Å².